The van der Waals surface area contributed by atoms with Crippen LogP contribution in [0.3, 0.4) is 0 Å². The Bertz CT molecular complexity index is 578. The quantitative estimate of drug-likeness (QED) is 0.367. The molecule has 24 heavy (non-hydrogen) atoms. The van der Waals surface area contributed by atoms with Crippen LogP contribution >= 0.6 is 18.2 Å². The lowest BCUT2D eigenvalue weighted by atomic mass is 9.99. The van der Waals surface area contributed by atoms with Crippen molar-refractivity contribution >= 4 is 30.0 Å². The molecule has 0 bridgehead atoms. The van der Waals surface area contributed by atoms with E-state index in [9.17, 15) is 9.36 Å². The highest BCUT2D eigenvalue weighted by Crippen LogP contribution is 2.66. The average molecular weight is 370 g/mol. The third-order valence-electron chi connectivity index (χ3n) is 3.36. The van der Waals surface area contributed by atoms with E-state index in [-0.39, 0.29) is 19.0 Å². The van der Waals surface area contributed by atoms with Gasteiger partial charge in [0.05, 0.1) is 18.0 Å². The van der Waals surface area contributed by atoms with Crippen molar-refractivity contribution in [3.05, 3.63) is 42.0 Å². The molecule has 1 aromatic rings. The summed E-state index contributed by atoms with van der Waals surface area (Å²) in [5.74, 6) is -0.0853. The molecule has 1 rings (SSSR count). The Kier molecular flexibility index (Phi) is 8.99. The van der Waals surface area contributed by atoms with E-state index in [0.717, 1.165) is 23.4 Å². The number of allylic oxidation sites excluding steroid dienone is 1. The predicted molar refractivity (Wildman–Crippen MR) is 102 cm³/mol. The minimum Gasteiger partial charge on any atom is -0.301 e. The topological polar surface area (TPSA) is 52.6 Å². The van der Waals surface area contributed by atoms with Crippen LogP contribution in [0.5, 0.6) is 0 Å². The fourth-order valence-corrected chi connectivity index (χ4v) is 6.99. The number of hydrogen-bond donors (Lipinski definition) is 0. The lowest BCUT2D eigenvalue weighted by molar-refractivity contribution is -0.116. The van der Waals surface area contributed by atoms with Crippen LogP contribution in [0, 0.1) is 0 Å². The highest BCUT2D eigenvalue weighted by Gasteiger charge is 2.41. The molecule has 0 N–H and O–H groups in total. The summed E-state index contributed by atoms with van der Waals surface area (Å²) in [6.07, 6.45) is 4.73. The minimum absolute atomic E-state index is 0.0853. The standard InChI is InChI=1S/C18H27O4PS/c1-5-15-18(4,24-23(20,21-6-2)22-7-3)17(19)14-13-16-11-9-8-10-12-16/h8-14H,5-7,15H2,1-4H3/b14-13+. The molecule has 0 aliphatic rings. The van der Waals surface area contributed by atoms with Gasteiger partial charge in [-0.25, -0.2) is 4.57 Å². The number of carbonyl (C=O) groups is 1. The zero-order valence-corrected chi connectivity index (χ0v) is 16.6. The van der Waals surface area contributed by atoms with E-state index in [1.807, 2.05) is 44.2 Å². The first-order valence-corrected chi connectivity index (χ1v) is 11.2. The van der Waals surface area contributed by atoms with E-state index in [1.54, 1.807) is 26.0 Å². The lowest BCUT2D eigenvalue weighted by Crippen LogP contribution is -2.30. The van der Waals surface area contributed by atoms with Crippen molar-refractivity contribution in [1.82, 2.24) is 0 Å². The molecule has 6 heteroatoms. The van der Waals surface area contributed by atoms with Gasteiger partial charge in [-0.05, 0) is 50.2 Å². The van der Waals surface area contributed by atoms with Crippen LogP contribution in [0.2, 0.25) is 0 Å². The highest BCUT2D eigenvalue weighted by molar-refractivity contribution is 8.56. The van der Waals surface area contributed by atoms with E-state index in [0.29, 0.717) is 6.42 Å². The van der Waals surface area contributed by atoms with Crippen molar-refractivity contribution < 1.29 is 18.4 Å². The molecule has 1 aromatic carbocycles. The van der Waals surface area contributed by atoms with Gasteiger partial charge in [0.1, 0.15) is 0 Å². The van der Waals surface area contributed by atoms with Gasteiger partial charge in [-0.2, -0.15) is 0 Å². The number of benzene rings is 1. The number of rotatable bonds is 11. The molecular formula is C18H27O4PS. The van der Waals surface area contributed by atoms with Gasteiger partial charge in [0, 0.05) is 0 Å². The predicted octanol–water partition coefficient (Wildman–Crippen LogP) is 5.74. The molecule has 0 saturated heterocycles. The van der Waals surface area contributed by atoms with Gasteiger partial charge in [-0.3, -0.25) is 4.79 Å². The third kappa shape index (κ3) is 6.56. The van der Waals surface area contributed by atoms with E-state index >= 15 is 0 Å². The van der Waals surface area contributed by atoms with E-state index in [4.69, 9.17) is 9.05 Å². The number of ketones is 1. The summed E-state index contributed by atoms with van der Waals surface area (Å²) in [4.78, 5) is 12.8. The second-order valence-corrected chi connectivity index (χ2v) is 9.85. The lowest BCUT2D eigenvalue weighted by Gasteiger charge is -2.29. The van der Waals surface area contributed by atoms with Crippen LogP contribution in [0.15, 0.2) is 36.4 Å². The molecule has 0 heterocycles. The summed E-state index contributed by atoms with van der Waals surface area (Å²) < 4.78 is 22.7. The van der Waals surface area contributed by atoms with Crippen molar-refractivity contribution in [3.8, 4) is 0 Å². The van der Waals surface area contributed by atoms with Gasteiger partial charge in [0.2, 0.25) is 0 Å². The van der Waals surface area contributed by atoms with Crippen LogP contribution in [0.4, 0.5) is 0 Å². The van der Waals surface area contributed by atoms with Crippen molar-refractivity contribution in [2.75, 3.05) is 13.2 Å². The van der Waals surface area contributed by atoms with E-state index in [1.165, 1.54) is 0 Å². The minimum atomic E-state index is -3.36. The van der Waals surface area contributed by atoms with Crippen LogP contribution in [-0.2, 0) is 18.4 Å². The summed E-state index contributed by atoms with van der Waals surface area (Å²) in [5.41, 5.74) is 0.951. The Balaban J connectivity index is 2.98. The molecule has 0 aliphatic carbocycles. The summed E-state index contributed by atoms with van der Waals surface area (Å²) in [5, 5.41) is 0. The van der Waals surface area contributed by atoms with Crippen LogP contribution < -0.4 is 0 Å². The maximum Gasteiger partial charge on any atom is 0.390 e. The van der Waals surface area contributed by atoms with E-state index < -0.39 is 11.5 Å². The van der Waals surface area contributed by atoms with Gasteiger partial charge in [0.15, 0.2) is 5.78 Å². The van der Waals surface area contributed by atoms with Gasteiger partial charge >= 0.3 is 6.80 Å². The zero-order valence-electron chi connectivity index (χ0n) is 14.9. The first-order chi connectivity index (χ1) is 11.4. The van der Waals surface area contributed by atoms with Gasteiger partial charge < -0.3 is 9.05 Å². The molecule has 0 amide bonds. The second-order valence-electron chi connectivity index (χ2n) is 5.46. The van der Waals surface area contributed by atoms with Gasteiger partial charge in [-0.1, -0.05) is 49.8 Å². The van der Waals surface area contributed by atoms with Crippen LogP contribution in [0.25, 0.3) is 6.08 Å². The summed E-state index contributed by atoms with van der Waals surface area (Å²) in [6.45, 7) is 4.54. The van der Waals surface area contributed by atoms with Crippen molar-refractivity contribution in [2.24, 2.45) is 0 Å². The number of hydrogen-bond acceptors (Lipinski definition) is 5. The maximum atomic E-state index is 12.8. The van der Waals surface area contributed by atoms with Crippen molar-refractivity contribution in [3.63, 3.8) is 0 Å². The molecule has 1 atom stereocenters. The van der Waals surface area contributed by atoms with E-state index in [2.05, 4.69) is 0 Å². The molecule has 1 unspecified atom stereocenters. The molecule has 134 valence electrons. The highest BCUT2D eigenvalue weighted by atomic mass is 32.7. The molecule has 4 nitrogen and oxygen atoms in total. The molecule has 0 fully saturated rings. The Morgan fingerprint density at radius 1 is 1.17 bits per heavy atom. The van der Waals surface area contributed by atoms with Gasteiger partial charge in [0.25, 0.3) is 0 Å². The molecule has 0 aliphatic heterocycles. The second kappa shape index (κ2) is 10.2. The molecular weight excluding hydrogens is 343 g/mol. The molecule has 0 saturated carbocycles. The molecule has 0 spiro atoms. The fraction of sp³-hybridized carbons (Fsp3) is 0.500. The summed E-state index contributed by atoms with van der Waals surface area (Å²) >= 11 is 1.02. The number of carbonyl (C=O) groups excluding carboxylic acids is 1. The summed E-state index contributed by atoms with van der Waals surface area (Å²) in [6, 6.07) is 9.63. The SMILES string of the molecule is CCCC(C)(SP(=O)(OCC)OCC)C(=O)/C=C/c1ccccc1. The zero-order chi connectivity index (χ0) is 18.1. The van der Waals surface area contributed by atoms with Crippen LogP contribution in [0.1, 0.15) is 46.1 Å². The smallest absolute Gasteiger partial charge is 0.301 e. The molecule has 0 aromatic heterocycles. The van der Waals surface area contributed by atoms with Crippen LogP contribution in [-0.4, -0.2) is 23.7 Å². The maximum absolute atomic E-state index is 12.8. The summed E-state index contributed by atoms with van der Waals surface area (Å²) in [7, 11) is 0. The average Bonchev–Trinajstić information content (AvgIpc) is 2.54. The Hall–Kier alpha value is -0.870. The normalized spacial score (nSPS) is 14.7. The van der Waals surface area contributed by atoms with Gasteiger partial charge in [-0.15, -0.1) is 0 Å². The van der Waals surface area contributed by atoms with Crippen molar-refractivity contribution in [2.45, 2.75) is 45.3 Å². The van der Waals surface area contributed by atoms with Crippen molar-refractivity contribution in [1.29, 1.82) is 0 Å². The molecule has 0 radical (unpaired) electrons. The first-order valence-electron chi connectivity index (χ1n) is 8.26. The fourth-order valence-electron chi connectivity index (χ4n) is 2.26. The first kappa shape index (κ1) is 21.2. The monoisotopic (exact) mass is 370 g/mol. The largest absolute Gasteiger partial charge is 0.390 e. The Morgan fingerprint density at radius 3 is 2.25 bits per heavy atom. The Labute approximate surface area is 149 Å². The Morgan fingerprint density at radius 2 is 1.75 bits per heavy atom. The third-order valence-corrected chi connectivity index (χ3v) is 8.06.